The summed E-state index contributed by atoms with van der Waals surface area (Å²) in [5, 5.41) is 4.65. The Morgan fingerprint density at radius 1 is 1.35 bits per heavy atom. The van der Waals surface area contributed by atoms with E-state index in [9.17, 15) is 9.59 Å². The van der Waals surface area contributed by atoms with Gasteiger partial charge < -0.3 is 15.8 Å². The summed E-state index contributed by atoms with van der Waals surface area (Å²) >= 11 is 0. The molecule has 2 aromatic rings. The Morgan fingerprint density at radius 2 is 2.15 bits per heavy atom. The van der Waals surface area contributed by atoms with Crippen molar-refractivity contribution in [2.24, 2.45) is 5.73 Å². The number of pyridine rings is 1. The summed E-state index contributed by atoms with van der Waals surface area (Å²) in [4.78, 5) is 26.9. The number of carbonyl (C=O) groups is 2. The molecule has 1 unspecified atom stereocenters. The zero-order valence-electron chi connectivity index (χ0n) is 11.0. The van der Waals surface area contributed by atoms with Crippen LogP contribution in [-0.2, 0) is 14.3 Å². The van der Waals surface area contributed by atoms with Gasteiger partial charge in [-0.25, -0.2) is 0 Å². The van der Waals surface area contributed by atoms with Crippen LogP contribution in [0.1, 0.15) is 6.42 Å². The van der Waals surface area contributed by atoms with Crippen molar-refractivity contribution in [3.05, 3.63) is 36.7 Å². The average Bonchev–Trinajstić information content (AvgIpc) is 2.46. The molecule has 2 rings (SSSR count). The van der Waals surface area contributed by atoms with Crippen LogP contribution in [0.5, 0.6) is 0 Å². The van der Waals surface area contributed by atoms with E-state index in [1.54, 1.807) is 18.5 Å². The second-order valence-electron chi connectivity index (χ2n) is 4.32. The number of aromatic nitrogens is 1. The summed E-state index contributed by atoms with van der Waals surface area (Å²) in [5.41, 5.74) is 6.17. The fraction of sp³-hybridized carbons (Fsp3) is 0.214. The van der Waals surface area contributed by atoms with Crippen molar-refractivity contribution in [3.63, 3.8) is 0 Å². The Morgan fingerprint density at radius 3 is 2.90 bits per heavy atom. The number of methoxy groups -OCH3 is 1. The van der Waals surface area contributed by atoms with E-state index >= 15 is 0 Å². The van der Waals surface area contributed by atoms with Crippen molar-refractivity contribution in [2.75, 3.05) is 12.4 Å². The second-order valence-corrected chi connectivity index (χ2v) is 4.32. The van der Waals surface area contributed by atoms with Crippen LogP contribution in [0.4, 0.5) is 5.69 Å². The minimum Gasteiger partial charge on any atom is -0.468 e. The van der Waals surface area contributed by atoms with E-state index in [4.69, 9.17) is 5.73 Å². The number of rotatable bonds is 4. The minimum atomic E-state index is -0.954. The molecule has 0 spiro atoms. The zero-order chi connectivity index (χ0) is 14.5. The van der Waals surface area contributed by atoms with E-state index in [1.807, 2.05) is 18.2 Å². The molecule has 0 saturated heterocycles. The number of fused-ring (bicyclic) bond motifs is 1. The van der Waals surface area contributed by atoms with Crippen LogP contribution in [0, 0.1) is 0 Å². The molecule has 0 fully saturated rings. The highest BCUT2D eigenvalue weighted by Gasteiger charge is 2.17. The molecule has 104 valence electrons. The van der Waals surface area contributed by atoms with Gasteiger partial charge in [-0.05, 0) is 23.6 Å². The van der Waals surface area contributed by atoms with Crippen LogP contribution in [-0.4, -0.2) is 30.0 Å². The highest BCUT2D eigenvalue weighted by molar-refractivity contribution is 5.96. The Hall–Kier alpha value is -2.47. The lowest BCUT2D eigenvalue weighted by atomic mass is 10.1. The van der Waals surface area contributed by atoms with Crippen LogP contribution in [0.15, 0.2) is 36.7 Å². The lowest BCUT2D eigenvalue weighted by molar-refractivity contribution is -0.143. The van der Waals surface area contributed by atoms with Gasteiger partial charge in [0, 0.05) is 23.5 Å². The largest absolute Gasteiger partial charge is 0.468 e. The number of esters is 1. The maximum atomic E-state index is 11.8. The molecule has 0 aliphatic heterocycles. The quantitative estimate of drug-likeness (QED) is 0.812. The van der Waals surface area contributed by atoms with Crippen molar-refractivity contribution in [1.29, 1.82) is 0 Å². The van der Waals surface area contributed by atoms with E-state index in [1.165, 1.54) is 7.11 Å². The standard InChI is InChI=1S/C14H15N3O3/c1-20-14(19)12(15)7-13(18)17-11-3-2-10-8-16-5-4-9(10)6-11/h2-6,8,12H,7,15H2,1H3,(H,17,18). The topological polar surface area (TPSA) is 94.3 Å². The molecule has 20 heavy (non-hydrogen) atoms. The maximum absolute atomic E-state index is 11.8. The lowest BCUT2D eigenvalue weighted by Gasteiger charge is -2.10. The first-order valence-corrected chi connectivity index (χ1v) is 6.07. The van der Waals surface area contributed by atoms with Crippen molar-refractivity contribution in [1.82, 2.24) is 4.98 Å². The van der Waals surface area contributed by atoms with E-state index in [-0.39, 0.29) is 12.3 Å². The third-order valence-corrected chi connectivity index (χ3v) is 2.83. The van der Waals surface area contributed by atoms with E-state index in [0.717, 1.165) is 10.8 Å². The monoisotopic (exact) mass is 273 g/mol. The molecule has 1 heterocycles. The predicted octanol–water partition coefficient (Wildman–Crippen LogP) is 1.06. The summed E-state index contributed by atoms with van der Waals surface area (Å²) in [6, 6.07) is 6.36. The predicted molar refractivity (Wildman–Crippen MR) is 75.0 cm³/mol. The highest BCUT2D eigenvalue weighted by atomic mass is 16.5. The molecule has 0 radical (unpaired) electrons. The zero-order valence-corrected chi connectivity index (χ0v) is 11.0. The van der Waals surface area contributed by atoms with Crippen LogP contribution >= 0.6 is 0 Å². The van der Waals surface area contributed by atoms with Crippen LogP contribution in [0.25, 0.3) is 10.8 Å². The number of amides is 1. The Bertz CT molecular complexity index is 642. The number of benzene rings is 1. The van der Waals surface area contributed by atoms with Gasteiger partial charge in [0.2, 0.25) is 5.91 Å². The van der Waals surface area contributed by atoms with Crippen LogP contribution < -0.4 is 11.1 Å². The molecule has 0 aliphatic rings. The van der Waals surface area contributed by atoms with Gasteiger partial charge in [0.25, 0.3) is 0 Å². The molecular formula is C14H15N3O3. The van der Waals surface area contributed by atoms with E-state index in [2.05, 4.69) is 15.0 Å². The third kappa shape index (κ3) is 3.30. The molecule has 0 bridgehead atoms. The lowest BCUT2D eigenvalue weighted by Crippen LogP contribution is -2.35. The highest BCUT2D eigenvalue weighted by Crippen LogP contribution is 2.18. The number of nitrogens with zero attached hydrogens (tertiary/aromatic N) is 1. The van der Waals surface area contributed by atoms with Crippen molar-refractivity contribution in [3.8, 4) is 0 Å². The SMILES string of the molecule is COC(=O)C(N)CC(=O)Nc1ccc2cnccc2c1. The number of nitrogens with two attached hydrogens (primary N) is 1. The molecular weight excluding hydrogens is 258 g/mol. The average molecular weight is 273 g/mol. The number of ether oxygens (including phenoxy) is 1. The molecule has 1 amide bonds. The maximum Gasteiger partial charge on any atom is 0.323 e. The summed E-state index contributed by atoms with van der Waals surface area (Å²) in [5.74, 6) is -0.943. The Balaban J connectivity index is 2.04. The van der Waals surface area contributed by atoms with Crippen LogP contribution in [0.2, 0.25) is 0 Å². The number of nitrogens with one attached hydrogen (secondary N) is 1. The third-order valence-electron chi connectivity index (χ3n) is 2.83. The first-order chi connectivity index (χ1) is 9.60. The second kappa shape index (κ2) is 6.12. The number of hydrogen-bond donors (Lipinski definition) is 2. The van der Waals surface area contributed by atoms with Gasteiger partial charge in [0.15, 0.2) is 0 Å². The van der Waals surface area contributed by atoms with Gasteiger partial charge >= 0.3 is 5.97 Å². The van der Waals surface area contributed by atoms with Gasteiger partial charge in [-0.2, -0.15) is 0 Å². The summed E-state index contributed by atoms with van der Waals surface area (Å²) < 4.78 is 4.47. The molecule has 6 nitrogen and oxygen atoms in total. The summed E-state index contributed by atoms with van der Waals surface area (Å²) in [7, 11) is 1.23. The number of carbonyl (C=O) groups excluding carboxylic acids is 2. The Labute approximate surface area is 115 Å². The molecule has 0 saturated carbocycles. The molecule has 3 N–H and O–H groups in total. The van der Waals surface area contributed by atoms with Gasteiger partial charge in [-0.1, -0.05) is 6.07 Å². The van der Waals surface area contributed by atoms with E-state index < -0.39 is 12.0 Å². The molecule has 1 atom stereocenters. The normalized spacial score (nSPS) is 11.9. The van der Waals surface area contributed by atoms with Gasteiger partial charge in [-0.15, -0.1) is 0 Å². The Kier molecular flexibility index (Phi) is 4.27. The van der Waals surface area contributed by atoms with Crippen molar-refractivity contribution < 1.29 is 14.3 Å². The smallest absolute Gasteiger partial charge is 0.323 e. The fourth-order valence-corrected chi connectivity index (χ4v) is 1.81. The molecule has 1 aromatic heterocycles. The number of anilines is 1. The molecule has 1 aromatic carbocycles. The van der Waals surface area contributed by atoms with Crippen molar-refractivity contribution >= 4 is 28.3 Å². The first kappa shape index (κ1) is 14.0. The van der Waals surface area contributed by atoms with Crippen molar-refractivity contribution in [2.45, 2.75) is 12.5 Å². The summed E-state index contributed by atoms with van der Waals surface area (Å²) in [6.45, 7) is 0. The minimum absolute atomic E-state index is 0.124. The van der Waals surface area contributed by atoms with Crippen LogP contribution in [0.3, 0.4) is 0 Å². The summed E-state index contributed by atoms with van der Waals surface area (Å²) in [6.07, 6.45) is 3.30. The van der Waals surface area contributed by atoms with Gasteiger partial charge in [0.1, 0.15) is 6.04 Å². The van der Waals surface area contributed by atoms with Gasteiger partial charge in [-0.3, -0.25) is 14.6 Å². The fourth-order valence-electron chi connectivity index (χ4n) is 1.81. The first-order valence-electron chi connectivity index (χ1n) is 6.07. The molecule has 6 heteroatoms. The van der Waals surface area contributed by atoms with Gasteiger partial charge in [0.05, 0.1) is 13.5 Å². The molecule has 0 aliphatic carbocycles. The number of hydrogen-bond acceptors (Lipinski definition) is 5. The van der Waals surface area contributed by atoms with E-state index in [0.29, 0.717) is 5.69 Å².